The molecule has 0 aromatic heterocycles. The van der Waals surface area contributed by atoms with E-state index in [1.165, 1.54) is 31.2 Å². The van der Waals surface area contributed by atoms with Crippen LogP contribution in [0.4, 0.5) is 0 Å². The first-order chi connectivity index (χ1) is 5.86. The Bertz CT molecular complexity index is 256. The van der Waals surface area contributed by atoms with Gasteiger partial charge in [0.2, 0.25) is 0 Å². The van der Waals surface area contributed by atoms with Crippen molar-refractivity contribution < 1.29 is 0 Å². The van der Waals surface area contributed by atoms with Crippen LogP contribution < -0.4 is 0 Å². The van der Waals surface area contributed by atoms with Crippen molar-refractivity contribution in [2.45, 2.75) is 31.6 Å². The lowest BCUT2D eigenvalue weighted by atomic mass is 9.96. The minimum atomic E-state index is 0.826. The lowest BCUT2D eigenvalue weighted by Gasteiger charge is -2.09. The van der Waals surface area contributed by atoms with Crippen molar-refractivity contribution >= 4 is 0 Å². The van der Waals surface area contributed by atoms with Crippen LogP contribution in [0.5, 0.6) is 0 Å². The van der Waals surface area contributed by atoms with Crippen LogP contribution in [0.3, 0.4) is 0 Å². The Balaban J connectivity index is 2.21. The van der Waals surface area contributed by atoms with E-state index in [-0.39, 0.29) is 0 Å². The summed E-state index contributed by atoms with van der Waals surface area (Å²) in [4.78, 5) is 0. The van der Waals surface area contributed by atoms with Crippen molar-refractivity contribution in [1.82, 2.24) is 0 Å². The average Bonchev–Trinajstić information content (AvgIpc) is 2.56. The van der Waals surface area contributed by atoms with Gasteiger partial charge >= 0.3 is 0 Å². The first-order valence-electron chi connectivity index (χ1n) is 4.78. The summed E-state index contributed by atoms with van der Waals surface area (Å²) in [5, 5.41) is 0. The summed E-state index contributed by atoms with van der Waals surface area (Å²) in [7, 11) is 0. The third-order valence-corrected chi connectivity index (χ3v) is 2.78. The Labute approximate surface area is 74.6 Å². The van der Waals surface area contributed by atoms with Gasteiger partial charge in [-0.05, 0) is 36.8 Å². The molecule has 0 amide bonds. The minimum Gasteiger partial charge on any atom is -0.0617 e. The molecule has 0 heterocycles. The van der Waals surface area contributed by atoms with Crippen LogP contribution in [0.25, 0.3) is 0 Å². The molecule has 0 atom stereocenters. The number of rotatable bonds is 1. The third-order valence-electron chi connectivity index (χ3n) is 2.78. The highest BCUT2D eigenvalue weighted by Gasteiger charge is 2.16. The summed E-state index contributed by atoms with van der Waals surface area (Å²) in [5.41, 5.74) is 2.65. The Morgan fingerprint density at radius 1 is 1.17 bits per heavy atom. The molecule has 12 heavy (non-hydrogen) atoms. The molecular weight excluding hydrogens is 144 g/mol. The molecule has 1 aromatic rings. The highest BCUT2D eigenvalue weighted by Crippen LogP contribution is 2.33. The SMILES string of the molecule is [CH2]c1cccc(C2CCCC2)c1. The van der Waals surface area contributed by atoms with E-state index in [4.69, 9.17) is 0 Å². The molecule has 0 heteroatoms. The lowest BCUT2D eigenvalue weighted by molar-refractivity contribution is 0.723. The standard InChI is InChI=1S/C12H15/c1-10-5-4-8-12(9-10)11-6-2-3-7-11/h4-5,8-9,11H,1-3,6-7H2. The maximum atomic E-state index is 3.95. The molecule has 0 saturated heterocycles. The number of hydrogen-bond acceptors (Lipinski definition) is 0. The zero-order chi connectivity index (χ0) is 8.39. The summed E-state index contributed by atoms with van der Waals surface area (Å²) in [6, 6.07) is 8.66. The molecular formula is C12H15. The summed E-state index contributed by atoms with van der Waals surface area (Å²) in [6.45, 7) is 3.95. The Morgan fingerprint density at radius 2 is 1.92 bits per heavy atom. The average molecular weight is 159 g/mol. The zero-order valence-corrected chi connectivity index (χ0v) is 7.42. The Hall–Kier alpha value is -0.780. The minimum absolute atomic E-state index is 0.826. The molecule has 1 aliphatic carbocycles. The van der Waals surface area contributed by atoms with E-state index < -0.39 is 0 Å². The lowest BCUT2D eigenvalue weighted by Crippen LogP contribution is -1.91. The molecule has 0 N–H and O–H groups in total. The summed E-state index contributed by atoms with van der Waals surface area (Å²) in [6.07, 6.45) is 5.57. The van der Waals surface area contributed by atoms with E-state index >= 15 is 0 Å². The molecule has 1 saturated carbocycles. The van der Waals surface area contributed by atoms with E-state index in [0.717, 1.165) is 11.5 Å². The molecule has 0 bridgehead atoms. The molecule has 0 nitrogen and oxygen atoms in total. The molecule has 63 valence electrons. The molecule has 2 rings (SSSR count). The van der Waals surface area contributed by atoms with Gasteiger partial charge in [0.15, 0.2) is 0 Å². The second-order valence-corrected chi connectivity index (χ2v) is 3.73. The van der Waals surface area contributed by atoms with Crippen molar-refractivity contribution in [3.05, 3.63) is 42.3 Å². The van der Waals surface area contributed by atoms with Crippen molar-refractivity contribution in [3.63, 3.8) is 0 Å². The zero-order valence-electron chi connectivity index (χ0n) is 7.42. The quantitative estimate of drug-likeness (QED) is 0.588. The molecule has 0 aliphatic heterocycles. The van der Waals surface area contributed by atoms with Gasteiger partial charge in [-0.15, -0.1) is 0 Å². The first kappa shape index (κ1) is 7.85. The topological polar surface area (TPSA) is 0 Å². The van der Waals surface area contributed by atoms with Crippen LogP contribution in [-0.2, 0) is 0 Å². The van der Waals surface area contributed by atoms with Gasteiger partial charge in [-0.25, -0.2) is 0 Å². The highest BCUT2D eigenvalue weighted by atomic mass is 14.2. The monoisotopic (exact) mass is 159 g/mol. The largest absolute Gasteiger partial charge is 0.0617 e. The number of hydrogen-bond donors (Lipinski definition) is 0. The molecule has 1 radical (unpaired) electrons. The maximum Gasteiger partial charge on any atom is -0.0162 e. The normalized spacial score (nSPS) is 18.4. The Morgan fingerprint density at radius 3 is 2.58 bits per heavy atom. The van der Waals surface area contributed by atoms with Gasteiger partial charge in [0, 0.05) is 0 Å². The van der Waals surface area contributed by atoms with Gasteiger partial charge in [-0.2, -0.15) is 0 Å². The first-order valence-corrected chi connectivity index (χ1v) is 4.78. The summed E-state index contributed by atoms with van der Waals surface area (Å²) >= 11 is 0. The maximum absolute atomic E-state index is 3.95. The van der Waals surface area contributed by atoms with Gasteiger partial charge in [0.25, 0.3) is 0 Å². The predicted octanol–water partition coefficient (Wildman–Crippen LogP) is 3.53. The molecule has 1 aromatic carbocycles. The van der Waals surface area contributed by atoms with Crippen molar-refractivity contribution in [1.29, 1.82) is 0 Å². The highest BCUT2D eigenvalue weighted by molar-refractivity contribution is 5.28. The van der Waals surface area contributed by atoms with E-state index in [2.05, 4.69) is 31.2 Å². The van der Waals surface area contributed by atoms with Crippen molar-refractivity contribution in [3.8, 4) is 0 Å². The van der Waals surface area contributed by atoms with Crippen LogP contribution in [-0.4, -0.2) is 0 Å². The van der Waals surface area contributed by atoms with Gasteiger partial charge in [-0.3, -0.25) is 0 Å². The fraction of sp³-hybridized carbons (Fsp3) is 0.417. The van der Waals surface area contributed by atoms with Crippen LogP contribution in [0.15, 0.2) is 24.3 Å². The van der Waals surface area contributed by atoms with E-state index in [9.17, 15) is 0 Å². The van der Waals surface area contributed by atoms with Gasteiger partial charge < -0.3 is 0 Å². The van der Waals surface area contributed by atoms with Crippen molar-refractivity contribution in [2.75, 3.05) is 0 Å². The third kappa shape index (κ3) is 1.52. The van der Waals surface area contributed by atoms with Crippen LogP contribution in [0.2, 0.25) is 0 Å². The van der Waals surface area contributed by atoms with E-state index in [0.29, 0.717) is 0 Å². The van der Waals surface area contributed by atoms with Crippen LogP contribution in [0, 0.1) is 6.92 Å². The second kappa shape index (κ2) is 3.30. The fourth-order valence-corrected chi connectivity index (χ4v) is 2.11. The number of benzene rings is 1. The summed E-state index contributed by atoms with van der Waals surface area (Å²) < 4.78 is 0. The van der Waals surface area contributed by atoms with E-state index in [1.807, 2.05) is 0 Å². The smallest absolute Gasteiger partial charge is 0.0162 e. The second-order valence-electron chi connectivity index (χ2n) is 3.73. The molecule has 1 fully saturated rings. The van der Waals surface area contributed by atoms with Crippen LogP contribution >= 0.6 is 0 Å². The van der Waals surface area contributed by atoms with Crippen molar-refractivity contribution in [2.24, 2.45) is 0 Å². The van der Waals surface area contributed by atoms with Gasteiger partial charge in [0.1, 0.15) is 0 Å². The predicted molar refractivity (Wildman–Crippen MR) is 52.1 cm³/mol. The van der Waals surface area contributed by atoms with E-state index in [1.54, 1.807) is 0 Å². The molecule has 0 spiro atoms. The Kier molecular flexibility index (Phi) is 2.16. The van der Waals surface area contributed by atoms with Gasteiger partial charge in [-0.1, -0.05) is 37.1 Å². The van der Waals surface area contributed by atoms with Crippen LogP contribution in [0.1, 0.15) is 42.7 Å². The molecule has 0 unspecified atom stereocenters. The fourth-order valence-electron chi connectivity index (χ4n) is 2.11. The van der Waals surface area contributed by atoms with Gasteiger partial charge in [0.05, 0.1) is 0 Å². The summed E-state index contributed by atoms with van der Waals surface area (Å²) in [5.74, 6) is 0.826. The molecule has 1 aliphatic rings.